The van der Waals surface area contributed by atoms with Crippen molar-refractivity contribution < 1.29 is 21.6 Å². The van der Waals surface area contributed by atoms with E-state index in [2.05, 4.69) is 10.3 Å². The highest BCUT2D eigenvalue weighted by molar-refractivity contribution is 7.89. The highest BCUT2D eigenvalue weighted by Crippen LogP contribution is 2.20. The van der Waals surface area contributed by atoms with Gasteiger partial charge in [0.15, 0.2) is 5.03 Å². The minimum absolute atomic E-state index is 0.240. The molecule has 0 fully saturated rings. The lowest BCUT2D eigenvalue weighted by Crippen LogP contribution is -2.36. The van der Waals surface area contributed by atoms with Crippen LogP contribution in [-0.2, 0) is 16.6 Å². The molecule has 0 saturated carbocycles. The summed E-state index contributed by atoms with van der Waals surface area (Å²) in [7, 11) is -3.36. The molecule has 0 aliphatic rings. The molecule has 0 bridgehead atoms. The topological polar surface area (TPSA) is 62.3 Å². The van der Waals surface area contributed by atoms with Gasteiger partial charge in [-0.2, -0.15) is 17.5 Å². The molecule has 0 aliphatic carbocycles. The Bertz CT molecular complexity index is 544. The van der Waals surface area contributed by atoms with Crippen LogP contribution in [0.15, 0.2) is 23.4 Å². The molecule has 0 aliphatic heterocycles. The Morgan fingerprint density at radius 3 is 2.48 bits per heavy atom. The first kappa shape index (κ1) is 17.9. The molecule has 1 aromatic heterocycles. The molecule has 1 aromatic rings. The van der Waals surface area contributed by atoms with E-state index >= 15 is 0 Å². The molecule has 0 amide bonds. The lowest BCUT2D eigenvalue weighted by Gasteiger charge is -2.18. The molecular weight excluding hydrogens is 307 g/mol. The highest BCUT2D eigenvalue weighted by atomic mass is 32.2. The normalized spacial score (nSPS) is 12.9. The second kappa shape index (κ2) is 7.19. The summed E-state index contributed by atoms with van der Waals surface area (Å²) in [4.78, 5) is 3.74. The van der Waals surface area contributed by atoms with Crippen LogP contribution >= 0.6 is 0 Å². The maximum atomic E-state index is 12.3. The Morgan fingerprint density at radius 2 is 2.00 bits per heavy atom. The smallest absolute Gasteiger partial charge is 0.313 e. The number of nitrogens with zero attached hydrogens (tertiary/aromatic N) is 2. The fourth-order valence-corrected chi connectivity index (χ4v) is 2.64. The SMILES string of the molecule is CCCNCc1ccc(S(=O)(=O)N(C)CC(F)(F)F)nc1. The number of rotatable bonds is 7. The molecule has 0 saturated heterocycles. The number of hydrogen-bond donors (Lipinski definition) is 1. The van der Waals surface area contributed by atoms with Crippen molar-refractivity contribution in [3.8, 4) is 0 Å². The van der Waals surface area contributed by atoms with Gasteiger partial charge < -0.3 is 5.32 Å². The van der Waals surface area contributed by atoms with Gasteiger partial charge in [-0.05, 0) is 24.6 Å². The van der Waals surface area contributed by atoms with Crippen LogP contribution in [0.2, 0.25) is 0 Å². The largest absolute Gasteiger partial charge is 0.402 e. The Kier molecular flexibility index (Phi) is 6.11. The molecule has 0 atom stereocenters. The van der Waals surface area contributed by atoms with Crippen molar-refractivity contribution in [2.75, 3.05) is 20.1 Å². The van der Waals surface area contributed by atoms with Crippen LogP contribution in [0.3, 0.4) is 0 Å². The van der Waals surface area contributed by atoms with Gasteiger partial charge in [-0.3, -0.25) is 0 Å². The monoisotopic (exact) mass is 325 g/mol. The lowest BCUT2D eigenvalue weighted by molar-refractivity contribution is -0.134. The van der Waals surface area contributed by atoms with Crippen molar-refractivity contribution in [1.29, 1.82) is 0 Å². The fraction of sp³-hybridized carbons (Fsp3) is 0.583. The van der Waals surface area contributed by atoms with Crippen LogP contribution < -0.4 is 5.32 Å². The first-order valence-corrected chi connectivity index (χ1v) is 7.79. The van der Waals surface area contributed by atoms with E-state index in [1.165, 1.54) is 18.3 Å². The van der Waals surface area contributed by atoms with Crippen LogP contribution in [0.25, 0.3) is 0 Å². The zero-order chi connectivity index (χ0) is 16.1. The molecule has 21 heavy (non-hydrogen) atoms. The molecule has 1 N–H and O–H groups in total. The van der Waals surface area contributed by atoms with Gasteiger partial charge in [-0.25, -0.2) is 13.4 Å². The summed E-state index contributed by atoms with van der Waals surface area (Å²) >= 11 is 0. The van der Waals surface area contributed by atoms with Gasteiger partial charge in [0.1, 0.15) is 6.54 Å². The third kappa shape index (κ3) is 5.60. The molecule has 1 rings (SSSR count). The second-order valence-corrected chi connectivity index (χ2v) is 6.55. The molecule has 0 aromatic carbocycles. The minimum Gasteiger partial charge on any atom is -0.313 e. The van der Waals surface area contributed by atoms with E-state index in [4.69, 9.17) is 0 Å². The van der Waals surface area contributed by atoms with E-state index in [1.54, 1.807) is 0 Å². The quantitative estimate of drug-likeness (QED) is 0.776. The van der Waals surface area contributed by atoms with Crippen molar-refractivity contribution in [3.05, 3.63) is 23.9 Å². The van der Waals surface area contributed by atoms with Crippen LogP contribution in [-0.4, -0.2) is 44.0 Å². The number of halogens is 3. The van der Waals surface area contributed by atoms with Crippen LogP contribution in [0.1, 0.15) is 18.9 Å². The Morgan fingerprint density at radius 1 is 1.33 bits per heavy atom. The van der Waals surface area contributed by atoms with Gasteiger partial charge in [-0.1, -0.05) is 13.0 Å². The van der Waals surface area contributed by atoms with Gasteiger partial charge in [0, 0.05) is 19.8 Å². The first-order chi connectivity index (χ1) is 9.66. The summed E-state index contributed by atoms with van der Waals surface area (Å²) < 4.78 is 60.9. The zero-order valence-electron chi connectivity index (χ0n) is 11.8. The highest BCUT2D eigenvalue weighted by Gasteiger charge is 2.35. The minimum atomic E-state index is -4.59. The molecular formula is C12H18F3N3O2S. The maximum absolute atomic E-state index is 12.3. The van der Waals surface area contributed by atoms with Crippen LogP contribution in [0.5, 0.6) is 0 Å². The summed E-state index contributed by atoms with van der Waals surface area (Å²) in [5.41, 5.74) is 0.765. The number of alkyl halides is 3. The third-order valence-electron chi connectivity index (χ3n) is 2.63. The fourth-order valence-electron chi connectivity index (χ4n) is 1.57. The molecule has 0 unspecified atom stereocenters. The van der Waals surface area contributed by atoms with Crippen molar-refractivity contribution in [1.82, 2.24) is 14.6 Å². The predicted molar refractivity (Wildman–Crippen MR) is 72.1 cm³/mol. The van der Waals surface area contributed by atoms with Crippen LogP contribution in [0, 0.1) is 0 Å². The lowest BCUT2D eigenvalue weighted by atomic mass is 10.3. The number of sulfonamides is 1. The van der Waals surface area contributed by atoms with E-state index < -0.39 is 27.8 Å². The van der Waals surface area contributed by atoms with E-state index in [0.717, 1.165) is 25.6 Å². The number of nitrogens with one attached hydrogen (secondary N) is 1. The van der Waals surface area contributed by atoms with Crippen molar-refractivity contribution in [2.45, 2.75) is 31.1 Å². The van der Waals surface area contributed by atoms with Crippen molar-refractivity contribution in [3.63, 3.8) is 0 Å². The van der Waals surface area contributed by atoms with E-state index in [0.29, 0.717) is 6.54 Å². The molecule has 120 valence electrons. The van der Waals surface area contributed by atoms with Gasteiger partial charge in [0.2, 0.25) is 0 Å². The van der Waals surface area contributed by atoms with Gasteiger partial charge in [0.25, 0.3) is 10.0 Å². The van der Waals surface area contributed by atoms with Gasteiger partial charge >= 0.3 is 6.18 Å². The van der Waals surface area contributed by atoms with Crippen molar-refractivity contribution >= 4 is 10.0 Å². The molecule has 5 nitrogen and oxygen atoms in total. The third-order valence-corrected chi connectivity index (χ3v) is 4.35. The molecule has 0 spiro atoms. The number of pyridine rings is 1. The van der Waals surface area contributed by atoms with Crippen LogP contribution in [0.4, 0.5) is 13.2 Å². The summed E-state index contributed by atoms with van der Waals surface area (Å²) in [6.07, 6.45) is -2.29. The standard InChI is InChI=1S/C12H18F3N3O2S/c1-3-6-16-7-10-4-5-11(17-8-10)21(19,20)18(2)9-12(13,14)15/h4-5,8,16H,3,6-7,9H2,1-2H3. The average Bonchev–Trinajstić information content (AvgIpc) is 2.37. The van der Waals surface area contributed by atoms with Crippen molar-refractivity contribution in [2.24, 2.45) is 0 Å². The molecule has 0 radical (unpaired) electrons. The van der Waals surface area contributed by atoms with Gasteiger partial charge in [0.05, 0.1) is 0 Å². The summed E-state index contributed by atoms with van der Waals surface area (Å²) in [6.45, 7) is 1.81. The summed E-state index contributed by atoms with van der Waals surface area (Å²) in [6, 6.07) is 2.75. The second-order valence-electron chi connectivity index (χ2n) is 4.56. The van der Waals surface area contributed by atoms with Gasteiger partial charge in [-0.15, -0.1) is 0 Å². The summed E-state index contributed by atoms with van der Waals surface area (Å²) in [5.74, 6) is 0. The Hall–Kier alpha value is -1.19. The Labute approximate surface area is 122 Å². The predicted octanol–water partition coefficient (Wildman–Crippen LogP) is 1.76. The first-order valence-electron chi connectivity index (χ1n) is 6.35. The van der Waals surface area contributed by atoms with E-state index in [-0.39, 0.29) is 4.31 Å². The Balaban J connectivity index is 2.80. The van der Waals surface area contributed by atoms with E-state index in [1.807, 2.05) is 6.92 Å². The summed E-state index contributed by atoms with van der Waals surface area (Å²) in [5, 5.41) is 2.72. The maximum Gasteiger partial charge on any atom is 0.402 e. The zero-order valence-corrected chi connectivity index (χ0v) is 12.6. The molecule has 1 heterocycles. The number of hydrogen-bond acceptors (Lipinski definition) is 4. The van der Waals surface area contributed by atoms with E-state index in [9.17, 15) is 21.6 Å². The molecule has 9 heteroatoms. The number of aromatic nitrogens is 1. The average molecular weight is 325 g/mol.